The summed E-state index contributed by atoms with van der Waals surface area (Å²) in [5.74, 6) is 0.403. The lowest BCUT2D eigenvalue weighted by Crippen LogP contribution is -2.26. The van der Waals surface area contributed by atoms with E-state index >= 15 is 0 Å². The third kappa shape index (κ3) is 3.71. The molecule has 8 heteroatoms. The monoisotopic (exact) mass is 393 g/mol. The molecule has 1 saturated carbocycles. The van der Waals surface area contributed by atoms with Crippen LogP contribution in [0.25, 0.3) is 21.9 Å². The van der Waals surface area contributed by atoms with Crippen molar-refractivity contribution in [2.75, 3.05) is 5.32 Å². The summed E-state index contributed by atoms with van der Waals surface area (Å²) in [5.41, 5.74) is 3.14. The molecule has 0 unspecified atom stereocenters. The normalized spacial score (nSPS) is 19.5. The second kappa shape index (κ2) is 7.29. The van der Waals surface area contributed by atoms with Crippen LogP contribution in [0.5, 0.6) is 5.75 Å². The molecule has 1 fully saturated rings. The van der Waals surface area contributed by atoms with Gasteiger partial charge in [-0.1, -0.05) is 0 Å². The smallest absolute Gasteiger partial charge is 0.227 e. The van der Waals surface area contributed by atoms with Crippen LogP contribution in [0.2, 0.25) is 0 Å². The molecule has 29 heavy (non-hydrogen) atoms. The van der Waals surface area contributed by atoms with Gasteiger partial charge in [0.15, 0.2) is 0 Å². The molecular formula is C21H20FN5O2. The Balaban J connectivity index is 1.45. The molecule has 2 aromatic carbocycles. The van der Waals surface area contributed by atoms with Crippen molar-refractivity contribution in [2.24, 2.45) is 0 Å². The largest absolute Gasteiger partial charge is 0.488 e. The maximum Gasteiger partial charge on any atom is 0.227 e. The number of aromatic nitrogens is 4. The summed E-state index contributed by atoms with van der Waals surface area (Å²) in [6, 6.07) is 8.47. The molecule has 2 aromatic heterocycles. The van der Waals surface area contributed by atoms with Gasteiger partial charge in [-0.15, -0.1) is 0 Å². The lowest BCUT2D eigenvalue weighted by molar-refractivity contribution is 0.0671. The number of aliphatic hydroxyl groups is 1. The number of hydrogen-bond acceptors (Lipinski definition) is 6. The molecule has 0 aliphatic heterocycles. The minimum Gasteiger partial charge on any atom is -0.488 e. The summed E-state index contributed by atoms with van der Waals surface area (Å²) in [5, 5.41) is 13.4. The van der Waals surface area contributed by atoms with Gasteiger partial charge in [0, 0.05) is 23.3 Å². The minimum atomic E-state index is -0.391. The van der Waals surface area contributed by atoms with Gasteiger partial charge >= 0.3 is 0 Å². The highest BCUT2D eigenvalue weighted by atomic mass is 19.1. The first-order valence-corrected chi connectivity index (χ1v) is 9.65. The number of nitrogens with one attached hydrogen (secondary N) is 2. The van der Waals surface area contributed by atoms with Crippen LogP contribution < -0.4 is 10.1 Å². The number of benzene rings is 2. The topological polar surface area (TPSA) is 96.0 Å². The van der Waals surface area contributed by atoms with E-state index in [1.165, 1.54) is 12.1 Å². The summed E-state index contributed by atoms with van der Waals surface area (Å²) in [6.45, 7) is 0. The highest BCUT2D eigenvalue weighted by molar-refractivity contribution is 5.85. The SMILES string of the molecule is O[C@H]1CC[C@@H](Oc2cc(F)cc3cnc(Nc4ccc5nc[nH]c5c4)nc23)CC1. The third-order valence-corrected chi connectivity index (χ3v) is 5.23. The first-order valence-electron chi connectivity index (χ1n) is 9.65. The number of aliphatic hydroxyl groups excluding tert-OH is 1. The fourth-order valence-electron chi connectivity index (χ4n) is 3.71. The lowest BCUT2D eigenvalue weighted by Gasteiger charge is -2.26. The number of H-pyrrole nitrogens is 1. The zero-order valence-corrected chi connectivity index (χ0v) is 15.6. The number of anilines is 2. The van der Waals surface area contributed by atoms with E-state index in [1.807, 2.05) is 18.2 Å². The highest BCUT2D eigenvalue weighted by Gasteiger charge is 2.22. The Labute approximate surface area is 166 Å². The van der Waals surface area contributed by atoms with Crippen LogP contribution in [0, 0.1) is 5.82 Å². The zero-order valence-electron chi connectivity index (χ0n) is 15.6. The average molecular weight is 393 g/mol. The van der Waals surface area contributed by atoms with E-state index in [-0.39, 0.29) is 12.2 Å². The number of rotatable bonds is 4. The van der Waals surface area contributed by atoms with Gasteiger partial charge in [-0.25, -0.2) is 19.3 Å². The van der Waals surface area contributed by atoms with E-state index < -0.39 is 5.82 Å². The van der Waals surface area contributed by atoms with Crippen LogP contribution in [0.4, 0.5) is 16.0 Å². The molecule has 1 aliphatic carbocycles. The molecule has 148 valence electrons. The number of aromatic amines is 1. The molecular weight excluding hydrogens is 373 g/mol. The predicted octanol–water partition coefficient (Wildman–Crippen LogP) is 4.07. The lowest BCUT2D eigenvalue weighted by atomic mass is 9.95. The number of hydrogen-bond donors (Lipinski definition) is 3. The van der Waals surface area contributed by atoms with Gasteiger partial charge in [0.05, 0.1) is 29.6 Å². The summed E-state index contributed by atoms with van der Waals surface area (Å²) < 4.78 is 20.1. The first-order chi connectivity index (χ1) is 14.1. The molecule has 0 bridgehead atoms. The van der Waals surface area contributed by atoms with Crippen molar-refractivity contribution in [3.63, 3.8) is 0 Å². The number of nitrogens with zero attached hydrogens (tertiary/aromatic N) is 3. The average Bonchev–Trinajstić information content (AvgIpc) is 3.18. The number of fused-ring (bicyclic) bond motifs is 2. The van der Waals surface area contributed by atoms with Crippen molar-refractivity contribution in [2.45, 2.75) is 37.9 Å². The van der Waals surface area contributed by atoms with Crippen molar-refractivity contribution in [3.8, 4) is 5.75 Å². The van der Waals surface area contributed by atoms with Crippen LogP contribution in [-0.4, -0.2) is 37.3 Å². The van der Waals surface area contributed by atoms with E-state index in [0.29, 0.717) is 35.4 Å². The third-order valence-electron chi connectivity index (χ3n) is 5.23. The van der Waals surface area contributed by atoms with Crippen molar-refractivity contribution in [1.29, 1.82) is 0 Å². The molecule has 0 atom stereocenters. The first kappa shape index (κ1) is 17.8. The maximum atomic E-state index is 14.1. The Morgan fingerprint density at radius 1 is 1.10 bits per heavy atom. The van der Waals surface area contributed by atoms with E-state index in [0.717, 1.165) is 29.6 Å². The van der Waals surface area contributed by atoms with Gasteiger partial charge in [-0.2, -0.15) is 0 Å². The van der Waals surface area contributed by atoms with E-state index in [2.05, 4.69) is 25.3 Å². The Hall–Kier alpha value is -3.26. The fourth-order valence-corrected chi connectivity index (χ4v) is 3.71. The molecule has 0 saturated heterocycles. The highest BCUT2D eigenvalue weighted by Crippen LogP contribution is 2.31. The Morgan fingerprint density at radius 2 is 1.97 bits per heavy atom. The predicted molar refractivity (Wildman–Crippen MR) is 108 cm³/mol. The second-order valence-corrected chi connectivity index (χ2v) is 7.34. The van der Waals surface area contributed by atoms with Gasteiger partial charge in [-0.05, 0) is 49.9 Å². The van der Waals surface area contributed by atoms with E-state index in [4.69, 9.17) is 4.74 Å². The molecule has 1 aliphatic rings. The van der Waals surface area contributed by atoms with Crippen molar-refractivity contribution >= 4 is 33.6 Å². The van der Waals surface area contributed by atoms with Gasteiger partial charge in [0.25, 0.3) is 0 Å². The molecule has 3 N–H and O–H groups in total. The standard InChI is InChI=1S/C21H20FN5O2/c22-13-7-12-10-23-21(26-14-1-6-17-18(9-14)25-11-24-17)27-20(12)19(8-13)29-16-4-2-15(28)3-5-16/h1,6-11,15-16,28H,2-5H2,(H,24,25)(H,23,26,27)/t15-,16+. The maximum absolute atomic E-state index is 14.1. The zero-order chi connectivity index (χ0) is 19.8. The molecule has 7 nitrogen and oxygen atoms in total. The van der Waals surface area contributed by atoms with Gasteiger partial charge < -0.3 is 20.1 Å². The van der Waals surface area contributed by atoms with E-state index in [1.54, 1.807) is 12.5 Å². The van der Waals surface area contributed by atoms with Crippen LogP contribution in [0.15, 0.2) is 42.9 Å². The second-order valence-electron chi connectivity index (χ2n) is 7.34. The Kier molecular flexibility index (Phi) is 4.48. The summed E-state index contributed by atoms with van der Waals surface area (Å²) in [4.78, 5) is 16.1. The number of ether oxygens (including phenoxy) is 1. The summed E-state index contributed by atoms with van der Waals surface area (Å²) in [6.07, 6.45) is 5.75. The summed E-state index contributed by atoms with van der Waals surface area (Å²) in [7, 11) is 0. The minimum absolute atomic E-state index is 0.0578. The molecule has 2 heterocycles. The molecule has 0 radical (unpaired) electrons. The Bertz CT molecular complexity index is 1170. The molecule has 0 amide bonds. The van der Waals surface area contributed by atoms with Crippen molar-refractivity contribution in [1.82, 2.24) is 19.9 Å². The molecule has 5 rings (SSSR count). The summed E-state index contributed by atoms with van der Waals surface area (Å²) >= 11 is 0. The molecule has 0 spiro atoms. The van der Waals surface area contributed by atoms with Crippen LogP contribution in [0.1, 0.15) is 25.7 Å². The van der Waals surface area contributed by atoms with Gasteiger partial charge in [-0.3, -0.25) is 0 Å². The van der Waals surface area contributed by atoms with Gasteiger partial charge in [0.1, 0.15) is 17.1 Å². The van der Waals surface area contributed by atoms with Crippen LogP contribution >= 0.6 is 0 Å². The quantitative estimate of drug-likeness (QED) is 0.484. The van der Waals surface area contributed by atoms with Gasteiger partial charge in [0.2, 0.25) is 5.95 Å². The Morgan fingerprint density at radius 3 is 2.83 bits per heavy atom. The number of halogens is 1. The van der Waals surface area contributed by atoms with Crippen molar-refractivity contribution < 1.29 is 14.2 Å². The fraction of sp³-hybridized carbons (Fsp3) is 0.286. The van der Waals surface area contributed by atoms with Crippen LogP contribution in [-0.2, 0) is 0 Å². The van der Waals surface area contributed by atoms with E-state index in [9.17, 15) is 9.50 Å². The number of imidazole rings is 1. The van der Waals surface area contributed by atoms with Crippen molar-refractivity contribution in [3.05, 3.63) is 48.7 Å². The molecule has 4 aromatic rings. The van der Waals surface area contributed by atoms with Crippen LogP contribution in [0.3, 0.4) is 0 Å².